The molecule has 0 spiro atoms. The van der Waals surface area contributed by atoms with Gasteiger partial charge in [0.05, 0.1) is 6.04 Å². The maximum Gasteiger partial charge on any atom is 0.323 e. The first kappa shape index (κ1) is 13.0. The molecule has 0 aliphatic carbocycles. The Balaban J connectivity index is 2.67. The fraction of sp³-hybridized carbons (Fsp3) is 0.818. The predicted molar refractivity (Wildman–Crippen MR) is 60.1 cm³/mol. The van der Waals surface area contributed by atoms with Crippen molar-refractivity contribution in [2.45, 2.75) is 51.1 Å². The molecule has 2 atom stereocenters. The van der Waals surface area contributed by atoms with Crippen molar-refractivity contribution in [2.24, 2.45) is 0 Å². The number of piperidine rings is 1. The first-order chi connectivity index (χ1) is 7.49. The van der Waals surface area contributed by atoms with Crippen LogP contribution in [0.15, 0.2) is 0 Å². The van der Waals surface area contributed by atoms with E-state index >= 15 is 0 Å². The van der Waals surface area contributed by atoms with Crippen molar-refractivity contribution >= 4 is 11.9 Å². The molecule has 0 aromatic rings. The maximum atomic E-state index is 11.5. The molecule has 92 valence electrons. The van der Waals surface area contributed by atoms with E-state index in [2.05, 4.69) is 10.6 Å². The molecule has 0 aromatic heterocycles. The van der Waals surface area contributed by atoms with Crippen molar-refractivity contribution < 1.29 is 14.7 Å². The zero-order valence-electron chi connectivity index (χ0n) is 9.88. The Morgan fingerprint density at radius 3 is 2.88 bits per heavy atom. The molecule has 1 amide bonds. The molecule has 0 aromatic carbocycles. The number of hydrogen-bond donors (Lipinski definition) is 3. The van der Waals surface area contributed by atoms with E-state index in [1.165, 1.54) is 0 Å². The van der Waals surface area contributed by atoms with E-state index in [9.17, 15) is 14.7 Å². The van der Waals surface area contributed by atoms with Crippen LogP contribution in [0.3, 0.4) is 0 Å². The molecule has 1 heterocycles. The minimum absolute atomic E-state index is 0.0881. The number of amides is 1. The number of carboxylic acid groups (broad SMARTS) is 1. The Morgan fingerprint density at radius 1 is 1.69 bits per heavy atom. The standard InChI is InChI=1S/C11H20N2O3/c1-3-6-11(2,10(15)16)13-8-5-4-7-12-9(8)14/h8,13H,3-7H2,1-2H3,(H,12,14)(H,15,16). The molecule has 1 fully saturated rings. The summed E-state index contributed by atoms with van der Waals surface area (Å²) in [5.41, 5.74) is -1.01. The van der Waals surface area contributed by atoms with Gasteiger partial charge in [-0.2, -0.15) is 0 Å². The van der Waals surface area contributed by atoms with Gasteiger partial charge < -0.3 is 10.4 Å². The molecular formula is C11H20N2O3. The van der Waals surface area contributed by atoms with Crippen LogP contribution in [0.25, 0.3) is 0 Å². The number of rotatable bonds is 5. The van der Waals surface area contributed by atoms with E-state index in [1.54, 1.807) is 6.92 Å². The van der Waals surface area contributed by atoms with Gasteiger partial charge in [0.25, 0.3) is 0 Å². The molecule has 5 nitrogen and oxygen atoms in total. The third-order valence-corrected chi connectivity index (χ3v) is 3.00. The summed E-state index contributed by atoms with van der Waals surface area (Å²) in [5.74, 6) is -0.984. The predicted octanol–water partition coefficient (Wildman–Crippen LogP) is 0.498. The molecule has 1 saturated heterocycles. The van der Waals surface area contributed by atoms with Crippen molar-refractivity contribution in [1.82, 2.24) is 10.6 Å². The van der Waals surface area contributed by atoms with E-state index in [0.29, 0.717) is 19.4 Å². The molecule has 2 unspecified atom stereocenters. The van der Waals surface area contributed by atoms with Crippen molar-refractivity contribution in [1.29, 1.82) is 0 Å². The van der Waals surface area contributed by atoms with Gasteiger partial charge in [-0.25, -0.2) is 0 Å². The number of hydrogen-bond acceptors (Lipinski definition) is 3. The smallest absolute Gasteiger partial charge is 0.323 e. The Hall–Kier alpha value is -1.10. The van der Waals surface area contributed by atoms with Crippen LogP contribution in [0.1, 0.15) is 39.5 Å². The molecule has 3 N–H and O–H groups in total. The highest BCUT2D eigenvalue weighted by atomic mass is 16.4. The fourth-order valence-corrected chi connectivity index (χ4v) is 2.04. The summed E-state index contributed by atoms with van der Waals surface area (Å²) < 4.78 is 0. The summed E-state index contributed by atoms with van der Waals surface area (Å²) in [4.78, 5) is 22.7. The lowest BCUT2D eigenvalue weighted by atomic mass is 9.93. The zero-order chi connectivity index (χ0) is 12.2. The van der Waals surface area contributed by atoms with Crippen LogP contribution < -0.4 is 10.6 Å². The third-order valence-electron chi connectivity index (χ3n) is 3.00. The lowest BCUT2D eigenvalue weighted by molar-refractivity contribution is -0.145. The second-order valence-corrected chi connectivity index (χ2v) is 4.52. The highest BCUT2D eigenvalue weighted by Gasteiger charge is 2.36. The molecule has 1 aliphatic rings. The highest BCUT2D eigenvalue weighted by Crippen LogP contribution is 2.16. The molecule has 0 bridgehead atoms. The van der Waals surface area contributed by atoms with Gasteiger partial charge in [0, 0.05) is 6.54 Å². The number of carbonyl (C=O) groups is 2. The average Bonchev–Trinajstić information content (AvgIpc) is 2.21. The van der Waals surface area contributed by atoms with E-state index in [4.69, 9.17) is 0 Å². The summed E-state index contributed by atoms with van der Waals surface area (Å²) >= 11 is 0. The summed E-state index contributed by atoms with van der Waals surface area (Å²) in [6, 6.07) is -0.374. The van der Waals surface area contributed by atoms with Crippen LogP contribution >= 0.6 is 0 Å². The summed E-state index contributed by atoms with van der Waals surface area (Å²) in [7, 11) is 0. The highest BCUT2D eigenvalue weighted by molar-refractivity contribution is 5.84. The number of aliphatic carboxylic acids is 1. The maximum absolute atomic E-state index is 11.5. The van der Waals surface area contributed by atoms with Gasteiger partial charge >= 0.3 is 5.97 Å². The van der Waals surface area contributed by atoms with Gasteiger partial charge in [0.2, 0.25) is 5.91 Å². The minimum atomic E-state index is -1.01. The number of carboxylic acids is 1. The Bertz CT molecular complexity index is 278. The second kappa shape index (κ2) is 5.30. The second-order valence-electron chi connectivity index (χ2n) is 4.52. The number of nitrogens with one attached hydrogen (secondary N) is 2. The first-order valence-corrected chi connectivity index (χ1v) is 5.78. The van der Waals surface area contributed by atoms with Crippen molar-refractivity contribution in [3.8, 4) is 0 Å². The van der Waals surface area contributed by atoms with Crippen LogP contribution in [0.4, 0.5) is 0 Å². The quantitative estimate of drug-likeness (QED) is 0.640. The van der Waals surface area contributed by atoms with Crippen LogP contribution in [0, 0.1) is 0 Å². The summed E-state index contributed by atoms with van der Waals surface area (Å²) in [6.45, 7) is 4.26. The van der Waals surface area contributed by atoms with Crippen LogP contribution in [-0.2, 0) is 9.59 Å². The monoisotopic (exact) mass is 228 g/mol. The van der Waals surface area contributed by atoms with Crippen molar-refractivity contribution in [2.75, 3.05) is 6.54 Å². The molecule has 0 saturated carbocycles. The van der Waals surface area contributed by atoms with Gasteiger partial charge in [-0.05, 0) is 26.2 Å². The lowest BCUT2D eigenvalue weighted by Crippen LogP contribution is -2.59. The summed E-state index contributed by atoms with van der Waals surface area (Å²) in [5, 5.41) is 14.9. The molecular weight excluding hydrogens is 208 g/mol. The Labute approximate surface area is 95.6 Å². The average molecular weight is 228 g/mol. The van der Waals surface area contributed by atoms with Crippen LogP contribution in [0.2, 0.25) is 0 Å². The number of carbonyl (C=O) groups excluding carboxylic acids is 1. The SMILES string of the molecule is CCCC(C)(NC1CCCNC1=O)C(=O)O. The Morgan fingerprint density at radius 2 is 2.38 bits per heavy atom. The van der Waals surface area contributed by atoms with Gasteiger partial charge in [0.15, 0.2) is 0 Å². The van der Waals surface area contributed by atoms with E-state index < -0.39 is 11.5 Å². The normalized spacial score (nSPS) is 24.6. The van der Waals surface area contributed by atoms with E-state index in [-0.39, 0.29) is 11.9 Å². The fourth-order valence-electron chi connectivity index (χ4n) is 2.04. The molecule has 1 aliphatic heterocycles. The van der Waals surface area contributed by atoms with Crippen LogP contribution in [0.5, 0.6) is 0 Å². The molecule has 16 heavy (non-hydrogen) atoms. The minimum Gasteiger partial charge on any atom is -0.480 e. The first-order valence-electron chi connectivity index (χ1n) is 5.78. The van der Waals surface area contributed by atoms with E-state index in [1.807, 2.05) is 6.92 Å². The van der Waals surface area contributed by atoms with Gasteiger partial charge in [-0.3, -0.25) is 14.9 Å². The Kier molecular flexibility index (Phi) is 4.29. The molecule has 0 radical (unpaired) electrons. The lowest BCUT2D eigenvalue weighted by Gasteiger charge is -2.32. The van der Waals surface area contributed by atoms with Crippen molar-refractivity contribution in [3.05, 3.63) is 0 Å². The molecule has 1 rings (SSSR count). The van der Waals surface area contributed by atoms with Crippen molar-refractivity contribution in [3.63, 3.8) is 0 Å². The largest absolute Gasteiger partial charge is 0.480 e. The topological polar surface area (TPSA) is 78.4 Å². The molecule has 5 heteroatoms. The van der Waals surface area contributed by atoms with Gasteiger partial charge in [-0.15, -0.1) is 0 Å². The van der Waals surface area contributed by atoms with Gasteiger partial charge in [0.1, 0.15) is 5.54 Å². The van der Waals surface area contributed by atoms with Gasteiger partial charge in [-0.1, -0.05) is 13.3 Å². The van der Waals surface area contributed by atoms with E-state index in [0.717, 1.165) is 12.8 Å². The summed E-state index contributed by atoms with van der Waals surface area (Å²) in [6.07, 6.45) is 2.89. The third kappa shape index (κ3) is 2.95. The zero-order valence-corrected chi connectivity index (χ0v) is 9.88. The van der Waals surface area contributed by atoms with Crippen LogP contribution in [-0.4, -0.2) is 35.1 Å².